The molecule has 0 N–H and O–H groups in total. The summed E-state index contributed by atoms with van der Waals surface area (Å²) in [6.45, 7) is 3.48. The lowest BCUT2D eigenvalue weighted by molar-refractivity contribution is 0.104. The summed E-state index contributed by atoms with van der Waals surface area (Å²) in [5, 5.41) is 0.273. The van der Waals surface area contributed by atoms with E-state index in [-0.39, 0.29) is 32.2 Å². The quantitative estimate of drug-likeness (QED) is 0.0850. The molecule has 0 amide bonds. The zero-order chi connectivity index (χ0) is 36.1. The molecule has 0 radical (unpaired) electrons. The number of carbonyl (C=O) groups excluding carboxylic acids is 1. The SMILES string of the molecule is O=C(c1ccc(OCCN2CCCCC2)cc1)c1c(-c2ccccc2OS(=O)(=O)c2ccccc2)sc2cccc(OS(=O)(=O)c3ccccc3)c12. The van der Waals surface area contributed by atoms with E-state index in [1.165, 1.54) is 67.0 Å². The van der Waals surface area contributed by atoms with Crippen molar-refractivity contribution in [3.63, 3.8) is 0 Å². The second-order valence-corrected chi connectivity index (χ2v) is 16.4. The molecule has 5 aromatic carbocycles. The Hall–Kier alpha value is -5.01. The number of nitrogens with zero attached hydrogens (tertiary/aromatic N) is 1. The van der Waals surface area contributed by atoms with Gasteiger partial charge in [-0.1, -0.05) is 61.0 Å². The largest absolute Gasteiger partial charge is 0.492 e. The lowest BCUT2D eigenvalue weighted by atomic mass is 9.97. The number of thiophene rings is 1. The Kier molecular flexibility index (Phi) is 10.4. The molecular formula is C40H35NO8S3. The van der Waals surface area contributed by atoms with E-state index in [1.54, 1.807) is 91.0 Å². The van der Waals surface area contributed by atoms with Crippen LogP contribution in [0.25, 0.3) is 20.5 Å². The molecule has 1 aliphatic heterocycles. The number of rotatable bonds is 13. The first kappa shape index (κ1) is 35.4. The van der Waals surface area contributed by atoms with Crippen LogP contribution in [0, 0.1) is 0 Å². The molecule has 0 bridgehead atoms. The number of piperidine rings is 1. The van der Waals surface area contributed by atoms with Gasteiger partial charge in [-0.15, -0.1) is 11.3 Å². The van der Waals surface area contributed by atoms with Gasteiger partial charge in [0.1, 0.15) is 22.1 Å². The van der Waals surface area contributed by atoms with Crippen LogP contribution in [0.2, 0.25) is 0 Å². The Bertz CT molecular complexity index is 2410. The van der Waals surface area contributed by atoms with Gasteiger partial charge in [-0.2, -0.15) is 16.8 Å². The minimum Gasteiger partial charge on any atom is -0.492 e. The summed E-state index contributed by atoms with van der Waals surface area (Å²) in [6.07, 6.45) is 3.65. The molecule has 1 aliphatic rings. The highest BCUT2D eigenvalue weighted by Crippen LogP contribution is 2.47. The topological polar surface area (TPSA) is 116 Å². The number of para-hydroxylation sites is 1. The number of carbonyl (C=O) groups is 1. The van der Waals surface area contributed by atoms with Crippen LogP contribution in [0.15, 0.2) is 137 Å². The summed E-state index contributed by atoms with van der Waals surface area (Å²) in [6, 6.07) is 33.7. The zero-order valence-corrected chi connectivity index (χ0v) is 30.5. The Morgan fingerprint density at radius 1 is 0.635 bits per heavy atom. The van der Waals surface area contributed by atoms with E-state index in [9.17, 15) is 21.6 Å². The summed E-state index contributed by atoms with van der Waals surface area (Å²) < 4.78 is 71.6. The van der Waals surface area contributed by atoms with E-state index >= 15 is 0 Å². The number of ketones is 1. The summed E-state index contributed by atoms with van der Waals surface area (Å²) in [7, 11) is -8.53. The molecule has 2 heterocycles. The second kappa shape index (κ2) is 15.3. The van der Waals surface area contributed by atoms with E-state index in [0.717, 1.165) is 19.6 Å². The van der Waals surface area contributed by atoms with Gasteiger partial charge < -0.3 is 13.1 Å². The molecule has 0 spiro atoms. The maximum absolute atomic E-state index is 14.6. The molecule has 266 valence electrons. The van der Waals surface area contributed by atoms with Crippen LogP contribution in [0.4, 0.5) is 0 Å². The molecular weight excluding hydrogens is 719 g/mol. The van der Waals surface area contributed by atoms with Crippen LogP contribution in [0.5, 0.6) is 17.2 Å². The van der Waals surface area contributed by atoms with Crippen molar-refractivity contribution in [2.75, 3.05) is 26.2 Å². The van der Waals surface area contributed by atoms with Crippen molar-refractivity contribution >= 4 is 47.4 Å². The van der Waals surface area contributed by atoms with Gasteiger partial charge in [-0.25, -0.2) is 0 Å². The van der Waals surface area contributed by atoms with Crippen LogP contribution in [0.1, 0.15) is 35.2 Å². The Labute approximate surface area is 307 Å². The van der Waals surface area contributed by atoms with Gasteiger partial charge in [0.25, 0.3) is 0 Å². The normalized spacial score (nSPS) is 13.8. The maximum atomic E-state index is 14.6. The molecule has 9 nitrogen and oxygen atoms in total. The van der Waals surface area contributed by atoms with E-state index in [2.05, 4.69) is 4.90 Å². The van der Waals surface area contributed by atoms with Crippen molar-refractivity contribution < 1.29 is 34.7 Å². The van der Waals surface area contributed by atoms with Crippen molar-refractivity contribution in [2.24, 2.45) is 0 Å². The third kappa shape index (κ3) is 7.75. The lowest BCUT2D eigenvalue weighted by Crippen LogP contribution is -2.33. The highest BCUT2D eigenvalue weighted by Gasteiger charge is 2.29. The molecule has 0 unspecified atom stereocenters. The van der Waals surface area contributed by atoms with E-state index in [1.807, 2.05) is 0 Å². The minimum absolute atomic E-state index is 0.00351. The highest BCUT2D eigenvalue weighted by atomic mass is 32.2. The first-order chi connectivity index (χ1) is 25.2. The van der Waals surface area contributed by atoms with Crippen LogP contribution >= 0.6 is 11.3 Å². The molecule has 1 saturated heterocycles. The van der Waals surface area contributed by atoms with Crippen molar-refractivity contribution in [3.8, 4) is 27.7 Å². The fourth-order valence-corrected chi connectivity index (χ4v) is 9.33. The molecule has 12 heteroatoms. The third-order valence-electron chi connectivity index (χ3n) is 8.74. The predicted molar refractivity (Wildman–Crippen MR) is 201 cm³/mol. The number of benzene rings is 5. The van der Waals surface area contributed by atoms with Gasteiger partial charge in [0, 0.05) is 27.8 Å². The van der Waals surface area contributed by atoms with Crippen molar-refractivity contribution in [1.82, 2.24) is 4.90 Å². The predicted octanol–water partition coefficient (Wildman–Crippen LogP) is 8.20. The average molecular weight is 754 g/mol. The molecule has 7 rings (SSSR count). The molecule has 6 aromatic rings. The summed E-state index contributed by atoms with van der Waals surface area (Å²) >= 11 is 1.20. The van der Waals surface area contributed by atoms with E-state index < -0.39 is 26.0 Å². The van der Waals surface area contributed by atoms with Gasteiger partial charge in [-0.05, 0) is 98.7 Å². The van der Waals surface area contributed by atoms with E-state index in [4.69, 9.17) is 13.1 Å². The summed E-state index contributed by atoms with van der Waals surface area (Å²) in [4.78, 5) is 17.3. The molecule has 1 aromatic heterocycles. The maximum Gasteiger partial charge on any atom is 0.339 e. The zero-order valence-electron chi connectivity index (χ0n) is 28.0. The number of fused-ring (bicyclic) bond motifs is 1. The highest BCUT2D eigenvalue weighted by molar-refractivity contribution is 7.87. The Morgan fingerprint density at radius 3 is 1.87 bits per heavy atom. The van der Waals surface area contributed by atoms with Crippen LogP contribution in [-0.4, -0.2) is 53.8 Å². The van der Waals surface area contributed by atoms with E-state index in [0.29, 0.717) is 33.1 Å². The number of hydrogen-bond donors (Lipinski definition) is 0. The summed E-state index contributed by atoms with van der Waals surface area (Å²) in [5.41, 5.74) is 0.798. The smallest absolute Gasteiger partial charge is 0.339 e. The monoisotopic (exact) mass is 753 g/mol. The number of ether oxygens (including phenoxy) is 1. The van der Waals surface area contributed by atoms with Crippen LogP contribution < -0.4 is 13.1 Å². The summed E-state index contributed by atoms with van der Waals surface area (Å²) in [5.74, 6) is 0.158. The van der Waals surface area contributed by atoms with Crippen molar-refractivity contribution in [1.29, 1.82) is 0 Å². The second-order valence-electron chi connectivity index (χ2n) is 12.2. The third-order valence-corrected chi connectivity index (χ3v) is 12.4. The lowest BCUT2D eigenvalue weighted by Gasteiger charge is -2.26. The standard InChI is InChI=1S/C40H35NO8S3/c42-39(29-21-23-30(24-22-29)47-28-27-41-25-10-3-11-26-41)38-37-35(49-52(45,46)32-15-6-2-7-16-32)19-12-20-36(37)50-40(38)33-17-8-9-18-34(33)48-51(43,44)31-13-4-1-5-14-31/h1-2,4-9,12-24H,3,10-11,25-28H2. The van der Waals surface area contributed by atoms with Gasteiger partial charge >= 0.3 is 20.2 Å². The van der Waals surface area contributed by atoms with Crippen molar-refractivity contribution in [3.05, 3.63) is 139 Å². The van der Waals surface area contributed by atoms with Gasteiger partial charge in [0.2, 0.25) is 0 Å². The first-order valence-corrected chi connectivity index (χ1v) is 20.5. The average Bonchev–Trinajstić information content (AvgIpc) is 3.56. The minimum atomic E-state index is -4.28. The number of hydrogen-bond acceptors (Lipinski definition) is 10. The molecule has 0 atom stereocenters. The fraction of sp³-hybridized carbons (Fsp3) is 0.175. The van der Waals surface area contributed by atoms with Crippen LogP contribution in [0.3, 0.4) is 0 Å². The van der Waals surface area contributed by atoms with Crippen LogP contribution in [-0.2, 0) is 20.2 Å². The fourth-order valence-electron chi connectivity index (χ4n) is 6.15. The Balaban J connectivity index is 1.29. The first-order valence-electron chi connectivity index (χ1n) is 16.8. The Morgan fingerprint density at radius 2 is 1.21 bits per heavy atom. The number of likely N-dealkylation sites (tertiary alicyclic amines) is 1. The molecule has 1 fully saturated rings. The molecule has 0 saturated carbocycles. The van der Waals surface area contributed by atoms with Crippen molar-refractivity contribution in [2.45, 2.75) is 29.1 Å². The molecule has 52 heavy (non-hydrogen) atoms. The van der Waals surface area contributed by atoms with Gasteiger partial charge in [0.15, 0.2) is 17.3 Å². The molecule has 0 aliphatic carbocycles. The van der Waals surface area contributed by atoms with Gasteiger partial charge in [0.05, 0.1) is 10.4 Å². The van der Waals surface area contributed by atoms with Gasteiger partial charge in [-0.3, -0.25) is 9.69 Å².